The van der Waals surface area contributed by atoms with Gasteiger partial charge in [-0.25, -0.2) is 4.79 Å². The van der Waals surface area contributed by atoms with Crippen molar-refractivity contribution in [1.82, 2.24) is 10.4 Å². The summed E-state index contributed by atoms with van der Waals surface area (Å²) in [7, 11) is 1.61. The molecule has 0 aromatic carbocycles. The highest BCUT2D eigenvalue weighted by Crippen LogP contribution is 2.12. The van der Waals surface area contributed by atoms with E-state index < -0.39 is 16.8 Å². The van der Waals surface area contributed by atoms with Crippen LogP contribution < -0.4 is 5.32 Å². The number of hydrogen-bond donors (Lipinski definition) is 1. The molecule has 7 heteroatoms. The molecule has 0 amide bonds. The highest BCUT2D eigenvalue weighted by molar-refractivity contribution is 5.74. The molecule has 0 aliphatic carbocycles. The maximum atomic E-state index is 11.8. The van der Waals surface area contributed by atoms with E-state index >= 15 is 0 Å². The molecule has 0 radical (unpaired) electrons. The topological polar surface area (TPSA) is 87.7 Å². The quantitative estimate of drug-likeness (QED) is 0.492. The lowest BCUT2D eigenvalue weighted by atomic mass is 10.3. The molecule has 88 valence electrons. The lowest BCUT2D eigenvalue weighted by Gasteiger charge is -2.46. The smallest absolute Gasteiger partial charge is 0.383 e. The van der Waals surface area contributed by atoms with E-state index in [1.807, 2.05) is 0 Å². The van der Waals surface area contributed by atoms with Gasteiger partial charge in [0.2, 0.25) is 0 Å². The Balaban J connectivity index is 2.46. The summed E-state index contributed by atoms with van der Waals surface area (Å²) >= 11 is 0. The monoisotopic (exact) mass is 218 g/mol. The van der Waals surface area contributed by atoms with E-state index in [0.29, 0.717) is 0 Å². The molecule has 1 fully saturated rings. The SMILES string of the molecule is CN[C@@H](C)C(=O)O[N+]1([O-])CCN([O-])CC1. The molecule has 1 aliphatic heterocycles. The molecule has 0 unspecified atom stereocenters. The summed E-state index contributed by atoms with van der Waals surface area (Å²) in [5.41, 5.74) is 0. The van der Waals surface area contributed by atoms with Crippen LogP contribution in [-0.4, -0.2) is 55.1 Å². The third kappa shape index (κ3) is 3.40. The summed E-state index contributed by atoms with van der Waals surface area (Å²) in [6.45, 7) is 1.80. The van der Waals surface area contributed by atoms with Crippen LogP contribution in [0.1, 0.15) is 6.92 Å². The summed E-state index contributed by atoms with van der Waals surface area (Å²) in [5.74, 6) is -0.591. The number of carbonyl (C=O) groups is 1. The van der Waals surface area contributed by atoms with E-state index in [1.165, 1.54) is 0 Å². The van der Waals surface area contributed by atoms with Crippen molar-refractivity contribution < 1.29 is 14.4 Å². The number of nitrogens with zero attached hydrogens (tertiary/aromatic N) is 2. The van der Waals surface area contributed by atoms with Gasteiger partial charge in [0.15, 0.2) is 0 Å². The highest BCUT2D eigenvalue weighted by Gasteiger charge is 2.29. The first-order chi connectivity index (χ1) is 6.97. The van der Waals surface area contributed by atoms with Gasteiger partial charge in [0.05, 0.1) is 0 Å². The van der Waals surface area contributed by atoms with Gasteiger partial charge >= 0.3 is 5.97 Å². The summed E-state index contributed by atoms with van der Waals surface area (Å²) in [5, 5.41) is 26.1. The van der Waals surface area contributed by atoms with Gasteiger partial charge in [-0.15, -0.1) is 0 Å². The maximum absolute atomic E-state index is 11.8. The molecule has 1 rings (SSSR count). The summed E-state index contributed by atoms with van der Waals surface area (Å²) < 4.78 is 0. The number of piperazine rings is 1. The lowest BCUT2D eigenvalue weighted by molar-refractivity contribution is -1.05. The number of carbonyl (C=O) groups excluding carboxylic acids is 1. The number of hydroxylamine groups is 6. The van der Waals surface area contributed by atoms with Crippen LogP contribution >= 0.6 is 0 Å². The molecule has 15 heavy (non-hydrogen) atoms. The summed E-state index contributed by atoms with van der Waals surface area (Å²) in [6.07, 6.45) is 0. The molecule has 1 heterocycles. The van der Waals surface area contributed by atoms with E-state index in [-0.39, 0.29) is 26.2 Å². The average molecular weight is 218 g/mol. The van der Waals surface area contributed by atoms with Crippen molar-refractivity contribution in [3.05, 3.63) is 10.4 Å². The molecule has 0 bridgehead atoms. The van der Waals surface area contributed by atoms with Crippen molar-refractivity contribution in [2.45, 2.75) is 13.0 Å². The van der Waals surface area contributed by atoms with E-state index in [2.05, 4.69) is 5.32 Å². The Morgan fingerprint density at radius 1 is 1.53 bits per heavy atom. The fourth-order valence-electron chi connectivity index (χ4n) is 1.20. The number of quaternary nitrogens is 1. The van der Waals surface area contributed by atoms with Crippen molar-refractivity contribution in [2.24, 2.45) is 0 Å². The molecule has 1 N–H and O–H groups in total. The maximum Gasteiger partial charge on any atom is 0.383 e. The molecule has 0 aromatic rings. The standard InChI is InChI=1S/C8H16N3O4/c1-7(9-2)8(12)15-11(14)5-3-10(13)4-6-11/h7,9H,3-6H2,1-2H3/q-1/t7-/m0/s1. The van der Waals surface area contributed by atoms with Crippen LogP contribution in [0, 0.1) is 10.4 Å². The predicted octanol–water partition coefficient (Wildman–Crippen LogP) is -0.819. The molecule has 1 atom stereocenters. The van der Waals surface area contributed by atoms with Gasteiger partial charge in [-0.2, -0.15) is 4.81 Å². The van der Waals surface area contributed by atoms with E-state index in [4.69, 9.17) is 4.84 Å². The van der Waals surface area contributed by atoms with Crippen molar-refractivity contribution in [3.8, 4) is 0 Å². The Hall–Kier alpha value is -0.730. The minimum Gasteiger partial charge on any atom is -0.785 e. The van der Waals surface area contributed by atoms with Crippen molar-refractivity contribution in [3.63, 3.8) is 0 Å². The normalized spacial score (nSPS) is 23.5. The number of rotatable bonds is 3. The van der Waals surface area contributed by atoms with Crippen LogP contribution in [0.4, 0.5) is 0 Å². The fourth-order valence-corrected chi connectivity index (χ4v) is 1.20. The number of likely N-dealkylation sites (N-methyl/N-ethyl adjacent to an activating group) is 1. The van der Waals surface area contributed by atoms with Gasteiger partial charge in [-0.05, 0) is 14.0 Å². The second kappa shape index (κ2) is 4.86. The largest absolute Gasteiger partial charge is 0.785 e. The van der Waals surface area contributed by atoms with E-state index in [0.717, 1.165) is 5.06 Å². The first-order valence-corrected chi connectivity index (χ1v) is 4.88. The van der Waals surface area contributed by atoms with Gasteiger partial charge < -0.3 is 20.8 Å². The minimum absolute atomic E-state index is 0.00826. The molecular weight excluding hydrogens is 202 g/mol. The van der Waals surface area contributed by atoms with E-state index in [1.54, 1.807) is 14.0 Å². The zero-order valence-corrected chi connectivity index (χ0v) is 8.93. The predicted molar refractivity (Wildman–Crippen MR) is 52.9 cm³/mol. The Bertz CT molecular complexity index is 228. The number of hydrogen-bond acceptors (Lipinski definition) is 6. The Labute approximate surface area is 88.3 Å². The summed E-state index contributed by atoms with van der Waals surface area (Å²) in [6, 6.07) is -0.515. The van der Waals surface area contributed by atoms with Gasteiger partial charge in [0, 0.05) is 13.1 Å². The zero-order chi connectivity index (χ0) is 11.5. The van der Waals surface area contributed by atoms with Gasteiger partial charge in [0.1, 0.15) is 19.1 Å². The van der Waals surface area contributed by atoms with Gasteiger partial charge in [-0.1, -0.05) is 0 Å². The summed E-state index contributed by atoms with van der Waals surface area (Å²) in [4.78, 5) is 15.1. The molecule has 1 saturated heterocycles. The third-order valence-electron chi connectivity index (χ3n) is 2.42. The highest BCUT2D eigenvalue weighted by atomic mass is 16.9. The Morgan fingerprint density at radius 3 is 2.53 bits per heavy atom. The van der Waals surface area contributed by atoms with Crippen molar-refractivity contribution in [1.29, 1.82) is 0 Å². The van der Waals surface area contributed by atoms with Crippen LogP contribution in [0.2, 0.25) is 0 Å². The molecule has 1 aliphatic rings. The average Bonchev–Trinajstić information content (AvgIpc) is 2.21. The molecular formula is C8H16N3O4-. The second-order valence-corrected chi connectivity index (χ2v) is 3.61. The van der Waals surface area contributed by atoms with Crippen molar-refractivity contribution in [2.75, 3.05) is 33.2 Å². The van der Waals surface area contributed by atoms with E-state index in [9.17, 15) is 15.2 Å². The van der Waals surface area contributed by atoms with Crippen LogP contribution in [0.25, 0.3) is 0 Å². The third-order valence-corrected chi connectivity index (χ3v) is 2.42. The van der Waals surface area contributed by atoms with Gasteiger partial charge in [0.25, 0.3) is 0 Å². The fraction of sp³-hybridized carbons (Fsp3) is 0.875. The molecule has 0 aromatic heterocycles. The van der Waals surface area contributed by atoms with Crippen LogP contribution in [0.3, 0.4) is 0 Å². The van der Waals surface area contributed by atoms with Gasteiger partial charge in [-0.3, -0.25) is 4.84 Å². The van der Waals surface area contributed by atoms with Crippen LogP contribution in [0.15, 0.2) is 0 Å². The molecule has 0 saturated carbocycles. The van der Waals surface area contributed by atoms with Crippen molar-refractivity contribution >= 4 is 5.97 Å². The molecule has 7 nitrogen and oxygen atoms in total. The first kappa shape index (κ1) is 12.3. The van der Waals surface area contributed by atoms with Crippen LogP contribution in [-0.2, 0) is 9.63 Å². The zero-order valence-electron chi connectivity index (χ0n) is 8.93. The second-order valence-electron chi connectivity index (χ2n) is 3.61. The Kier molecular flexibility index (Phi) is 4.00. The first-order valence-electron chi connectivity index (χ1n) is 4.88. The molecule has 0 spiro atoms. The van der Waals surface area contributed by atoms with Crippen LogP contribution in [0.5, 0.6) is 0 Å². The number of nitrogens with one attached hydrogen (secondary N) is 1. The Morgan fingerprint density at radius 2 is 2.07 bits per heavy atom. The lowest BCUT2D eigenvalue weighted by Crippen LogP contribution is -2.56. The minimum atomic E-state index is -1.05.